The summed E-state index contributed by atoms with van der Waals surface area (Å²) < 4.78 is 4.67. The van der Waals surface area contributed by atoms with Crippen LogP contribution in [0.25, 0.3) is 11.4 Å². The lowest BCUT2D eigenvalue weighted by molar-refractivity contribution is -0.153. The minimum atomic E-state index is -1.04. The van der Waals surface area contributed by atoms with Crippen LogP contribution >= 0.6 is 0 Å². The molecule has 7 heteroatoms. The Morgan fingerprint density at radius 2 is 1.96 bits per heavy atom. The SMILES string of the molecule is COC(=O)C(O)C1CCN(c2nc(-c3ccncc3)nc3c2CCC3)CC1. The molecule has 1 atom stereocenters. The third-order valence-electron chi connectivity index (χ3n) is 5.58. The van der Waals surface area contributed by atoms with Gasteiger partial charge in [-0.25, -0.2) is 14.8 Å². The summed E-state index contributed by atoms with van der Waals surface area (Å²) in [5, 5.41) is 10.1. The van der Waals surface area contributed by atoms with Crippen molar-refractivity contribution in [3.05, 3.63) is 35.8 Å². The van der Waals surface area contributed by atoms with Crippen LogP contribution in [0.3, 0.4) is 0 Å². The van der Waals surface area contributed by atoms with E-state index >= 15 is 0 Å². The summed E-state index contributed by atoms with van der Waals surface area (Å²) in [4.78, 5) is 27.6. The third kappa shape index (κ3) is 3.51. The highest BCUT2D eigenvalue weighted by Gasteiger charge is 2.32. The molecule has 1 aliphatic carbocycles. The van der Waals surface area contributed by atoms with E-state index in [0.29, 0.717) is 0 Å². The van der Waals surface area contributed by atoms with Gasteiger partial charge in [0.25, 0.3) is 0 Å². The number of aliphatic hydroxyl groups excluding tert-OH is 1. The molecule has 1 saturated heterocycles. The van der Waals surface area contributed by atoms with Crippen molar-refractivity contribution in [1.82, 2.24) is 15.0 Å². The number of carbonyl (C=O) groups excluding carboxylic acids is 1. The van der Waals surface area contributed by atoms with E-state index < -0.39 is 12.1 Å². The normalized spacial score (nSPS) is 18.2. The van der Waals surface area contributed by atoms with Crippen molar-refractivity contribution in [2.75, 3.05) is 25.1 Å². The number of pyridine rings is 1. The summed E-state index contributed by atoms with van der Waals surface area (Å²) >= 11 is 0. The van der Waals surface area contributed by atoms with E-state index in [1.807, 2.05) is 12.1 Å². The molecule has 1 unspecified atom stereocenters. The van der Waals surface area contributed by atoms with E-state index in [2.05, 4.69) is 14.6 Å². The maximum Gasteiger partial charge on any atom is 0.334 e. The van der Waals surface area contributed by atoms with Gasteiger partial charge in [-0.05, 0) is 50.2 Å². The van der Waals surface area contributed by atoms with E-state index in [0.717, 1.165) is 68.1 Å². The minimum Gasteiger partial charge on any atom is -0.467 e. The van der Waals surface area contributed by atoms with Gasteiger partial charge in [0.2, 0.25) is 0 Å². The number of carbonyl (C=O) groups is 1. The van der Waals surface area contributed by atoms with Gasteiger partial charge in [0.05, 0.1) is 7.11 Å². The number of nitrogens with zero attached hydrogens (tertiary/aromatic N) is 4. The van der Waals surface area contributed by atoms with Crippen LogP contribution in [0.5, 0.6) is 0 Å². The van der Waals surface area contributed by atoms with Gasteiger partial charge in [0, 0.05) is 42.3 Å². The molecule has 7 nitrogen and oxygen atoms in total. The van der Waals surface area contributed by atoms with Gasteiger partial charge in [0.1, 0.15) is 5.82 Å². The summed E-state index contributed by atoms with van der Waals surface area (Å²) in [6.07, 6.45) is 7.04. The molecule has 1 fully saturated rings. The predicted molar refractivity (Wildman–Crippen MR) is 100 cm³/mol. The first kappa shape index (κ1) is 17.9. The Hall–Kier alpha value is -2.54. The lowest BCUT2D eigenvalue weighted by Gasteiger charge is -2.35. The summed E-state index contributed by atoms with van der Waals surface area (Å²) in [5.74, 6) is 1.14. The zero-order chi connectivity index (χ0) is 18.8. The number of fused-ring (bicyclic) bond motifs is 1. The molecule has 2 aromatic heterocycles. The van der Waals surface area contributed by atoms with E-state index in [4.69, 9.17) is 9.97 Å². The zero-order valence-corrected chi connectivity index (χ0v) is 15.5. The maximum atomic E-state index is 11.6. The molecule has 0 bridgehead atoms. The average Bonchev–Trinajstić information content (AvgIpc) is 3.21. The van der Waals surface area contributed by atoms with Crippen molar-refractivity contribution in [1.29, 1.82) is 0 Å². The van der Waals surface area contributed by atoms with Crippen molar-refractivity contribution in [3.63, 3.8) is 0 Å². The first-order valence-electron chi connectivity index (χ1n) is 9.48. The van der Waals surface area contributed by atoms with Crippen LogP contribution in [0, 0.1) is 5.92 Å². The Bertz CT molecular complexity index is 819. The molecule has 3 heterocycles. The van der Waals surface area contributed by atoms with Crippen LogP contribution in [-0.4, -0.2) is 52.3 Å². The zero-order valence-electron chi connectivity index (χ0n) is 15.5. The average molecular weight is 368 g/mol. The molecular weight excluding hydrogens is 344 g/mol. The van der Waals surface area contributed by atoms with Crippen LogP contribution in [0.1, 0.15) is 30.5 Å². The molecule has 0 aromatic carbocycles. The number of aliphatic hydroxyl groups is 1. The van der Waals surface area contributed by atoms with E-state index in [1.165, 1.54) is 12.7 Å². The highest BCUT2D eigenvalue weighted by atomic mass is 16.5. The first-order chi connectivity index (χ1) is 13.2. The Balaban J connectivity index is 1.58. The summed E-state index contributed by atoms with van der Waals surface area (Å²) in [5.41, 5.74) is 3.36. The van der Waals surface area contributed by atoms with Gasteiger partial charge >= 0.3 is 5.97 Å². The molecule has 2 aliphatic rings. The smallest absolute Gasteiger partial charge is 0.334 e. The molecule has 0 amide bonds. The van der Waals surface area contributed by atoms with E-state index in [9.17, 15) is 9.90 Å². The van der Waals surface area contributed by atoms with Gasteiger partial charge < -0.3 is 14.7 Å². The fourth-order valence-electron chi connectivity index (χ4n) is 4.04. The number of rotatable bonds is 4. The Morgan fingerprint density at radius 1 is 1.22 bits per heavy atom. The lowest BCUT2D eigenvalue weighted by Crippen LogP contribution is -2.41. The second-order valence-corrected chi connectivity index (χ2v) is 7.18. The topological polar surface area (TPSA) is 88.4 Å². The molecule has 1 N–H and O–H groups in total. The molecular formula is C20H24N4O3. The van der Waals surface area contributed by atoms with Gasteiger partial charge in [0.15, 0.2) is 11.9 Å². The van der Waals surface area contributed by atoms with Crippen LogP contribution in [0.15, 0.2) is 24.5 Å². The minimum absolute atomic E-state index is 0.0664. The lowest BCUT2D eigenvalue weighted by atomic mass is 9.91. The van der Waals surface area contributed by atoms with Crippen LogP contribution in [0.4, 0.5) is 5.82 Å². The van der Waals surface area contributed by atoms with Crippen LogP contribution in [-0.2, 0) is 22.4 Å². The largest absolute Gasteiger partial charge is 0.467 e. The maximum absolute atomic E-state index is 11.6. The highest BCUT2D eigenvalue weighted by molar-refractivity contribution is 5.74. The molecule has 4 rings (SSSR count). The number of hydrogen-bond acceptors (Lipinski definition) is 7. The summed E-state index contributed by atoms with van der Waals surface area (Å²) in [6.45, 7) is 1.52. The van der Waals surface area contributed by atoms with Gasteiger partial charge in [-0.15, -0.1) is 0 Å². The number of piperidine rings is 1. The van der Waals surface area contributed by atoms with Crippen molar-refractivity contribution >= 4 is 11.8 Å². The number of aryl methyl sites for hydroxylation is 1. The number of aromatic nitrogens is 3. The fraction of sp³-hybridized carbons (Fsp3) is 0.500. The van der Waals surface area contributed by atoms with Crippen molar-refractivity contribution < 1.29 is 14.6 Å². The Kier molecular flexibility index (Phi) is 5.03. The third-order valence-corrected chi connectivity index (χ3v) is 5.58. The van der Waals surface area contributed by atoms with Gasteiger partial charge in [-0.2, -0.15) is 0 Å². The fourth-order valence-corrected chi connectivity index (χ4v) is 4.04. The molecule has 1 aliphatic heterocycles. The number of methoxy groups -OCH3 is 1. The number of anilines is 1. The predicted octanol–water partition coefficient (Wildman–Crippen LogP) is 1.78. The molecule has 27 heavy (non-hydrogen) atoms. The number of hydrogen-bond donors (Lipinski definition) is 1. The highest BCUT2D eigenvalue weighted by Crippen LogP contribution is 2.34. The molecule has 0 spiro atoms. The van der Waals surface area contributed by atoms with E-state index in [1.54, 1.807) is 12.4 Å². The van der Waals surface area contributed by atoms with Gasteiger partial charge in [-0.3, -0.25) is 4.98 Å². The Labute approximate surface area is 158 Å². The Morgan fingerprint density at radius 3 is 2.67 bits per heavy atom. The molecule has 0 saturated carbocycles. The second kappa shape index (κ2) is 7.60. The number of esters is 1. The first-order valence-corrected chi connectivity index (χ1v) is 9.48. The second-order valence-electron chi connectivity index (χ2n) is 7.18. The quantitative estimate of drug-likeness (QED) is 0.823. The summed E-state index contributed by atoms with van der Waals surface area (Å²) in [6, 6.07) is 3.86. The summed E-state index contributed by atoms with van der Waals surface area (Å²) in [7, 11) is 1.31. The standard InChI is InChI=1S/C20H24N4O3/c1-27-20(26)17(25)13-7-11-24(12-8-13)19-15-3-2-4-16(15)22-18(23-19)14-5-9-21-10-6-14/h5-6,9-10,13,17,25H,2-4,7-8,11-12H2,1H3. The molecule has 2 aromatic rings. The van der Waals surface area contributed by atoms with Crippen molar-refractivity contribution in [2.24, 2.45) is 5.92 Å². The van der Waals surface area contributed by atoms with Crippen molar-refractivity contribution in [3.8, 4) is 11.4 Å². The monoisotopic (exact) mass is 368 g/mol. The number of ether oxygens (including phenoxy) is 1. The van der Waals surface area contributed by atoms with Crippen LogP contribution in [0.2, 0.25) is 0 Å². The van der Waals surface area contributed by atoms with Gasteiger partial charge in [-0.1, -0.05) is 0 Å². The van der Waals surface area contributed by atoms with Crippen molar-refractivity contribution in [2.45, 2.75) is 38.2 Å². The van der Waals surface area contributed by atoms with Crippen LogP contribution < -0.4 is 4.90 Å². The molecule has 142 valence electrons. The molecule has 0 radical (unpaired) electrons. The van der Waals surface area contributed by atoms with E-state index in [-0.39, 0.29) is 5.92 Å².